The van der Waals surface area contributed by atoms with Crippen LogP contribution < -0.4 is 0 Å². The van der Waals surface area contributed by atoms with Crippen LogP contribution in [0.5, 0.6) is 0 Å². The Morgan fingerprint density at radius 1 is 1.15 bits per heavy atom. The molecular weight excluding hydrogens is 274 g/mol. The highest BCUT2D eigenvalue weighted by molar-refractivity contribution is 7.89. The summed E-state index contributed by atoms with van der Waals surface area (Å²) in [5.41, 5.74) is -0.191. The fraction of sp³-hybridized carbons (Fsp3) is 0.600. The van der Waals surface area contributed by atoms with Gasteiger partial charge in [-0.1, -0.05) is 17.7 Å². The number of aliphatic hydroxyl groups excluding tert-OH is 1. The van der Waals surface area contributed by atoms with Crippen molar-refractivity contribution in [2.24, 2.45) is 0 Å². The second kappa shape index (κ2) is 4.83. The Bertz CT molecular complexity index is 592. The molecule has 0 radical (unpaired) electrons. The number of rotatable bonds is 3. The van der Waals surface area contributed by atoms with E-state index in [0.717, 1.165) is 12.0 Å². The molecule has 0 spiro atoms. The van der Waals surface area contributed by atoms with Gasteiger partial charge >= 0.3 is 0 Å². The maximum absolute atomic E-state index is 13.0. The lowest BCUT2D eigenvalue weighted by Gasteiger charge is -2.40. The van der Waals surface area contributed by atoms with Gasteiger partial charge in [0.25, 0.3) is 0 Å². The van der Waals surface area contributed by atoms with Crippen LogP contribution in [0.3, 0.4) is 0 Å². The van der Waals surface area contributed by atoms with Gasteiger partial charge in [0.15, 0.2) is 0 Å². The minimum atomic E-state index is -3.61. The Labute approximate surface area is 121 Å². The first-order valence-corrected chi connectivity index (χ1v) is 8.31. The lowest BCUT2D eigenvalue weighted by Crippen LogP contribution is -2.54. The fourth-order valence-electron chi connectivity index (χ4n) is 3.08. The van der Waals surface area contributed by atoms with Crippen LogP contribution in [0.25, 0.3) is 0 Å². The van der Waals surface area contributed by atoms with E-state index in [4.69, 9.17) is 0 Å². The van der Waals surface area contributed by atoms with Crippen LogP contribution in [-0.4, -0.2) is 35.5 Å². The number of hydrogen-bond donors (Lipinski definition) is 1. The molecule has 4 nitrogen and oxygen atoms in total. The molecule has 0 amide bonds. The van der Waals surface area contributed by atoms with E-state index < -0.39 is 21.1 Å². The highest BCUT2D eigenvalue weighted by atomic mass is 32.2. The summed E-state index contributed by atoms with van der Waals surface area (Å²) in [5.74, 6) is 0. The predicted octanol–water partition coefficient (Wildman–Crippen LogP) is 2.31. The summed E-state index contributed by atoms with van der Waals surface area (Å²) in [4.78, 5) is 0.290. The van der Waals surface area contributed by atoms with Gasteiger partial charge < -0.3 is 5.11 Å². The summed E-state index contributed by atoms with van der Waals surface area (Å²) >= 11 is 0. The van der Waals surface area contributed by atoms with E-state index in [1.165, 1.54) is 4.31 Å². The molecule has 0 aromatic heterocycles. The SMILES string of the molecule is Cc1ccc(S(=O)(=O)N2C(C)(C)CCC2(C)CO)cc1. The van der Waals surface area contributed by atoms with Crippen molar-refractivity contribution in [2.45, 2.75) is 56.5 Å². The van der Waals surface area contributed by atoms with Gasteiger partial charge in [0.2, 0.25) is 10.0 Å². The van der Waals surface area contributed by atoms with Crippen molar-refractivity contribution in [1.29, 1.82) is 0 Å². The second-order valence-corrected chi connectivity index (χ2v) is 8.34. The Morgan fingerprint density at radius 2 is 1.70 bits per heavy atom. The van der Waals surface area contributed by atoms with Gasteiger partial charge in [-0.3, -0.25) is 0 Å². The monoisotopic (exact) mass is 297 g/mol. The van der Waals surface area contributed by atoms with Crippen molar-refractivity contribution in [3.63, 3.8) is 0 Å². The third-order valence-corrected chi connectivity index (χ3v) is 6.50. The van der Waals surface area contributed by atoms with Gasteiger partial charge in [-0.15, -0.1) is 0 Å². The zero-order valence-electron chi connectivity index (χ0n) is 12.5. The van der Waals surface area contributed by atoms with E-state index in [-0.39, 0.29) is 11.5 Å². The molecule has 1 aromatic carbocycles. The van der Waals surface area contributed by atoms with E-state index in [1.54, 1.807) is 24.3 Å². The van der Waals surface area contributed by atoms with Crippen LogP contribution in [0.2, 0.25) is 0 Å². The Balaban J connectivity index is 2.54. The number of benzene rings is 1. The van der Waals surface area contributed by atoms with E-state index in [9.17, 15) is 13.5 Å². The molecule has 1 aromatic rings. The lowest BCUT2D eigenvalue weighted by molar-refractivity contribution is 0.0989. The minimum absolute atomic E-state index is 0.165. The molecule has 1 heterocycles. The Kier molecular flexibility index (Phi) is 3.73. The highest BCUT2D eigenvalue weighted by Gasteiger charge is 2.53. The van der Waals surface area contributed by atoms with Gasteiger partial charge in [-0.25, -0.2) is 8.42 Å². The molecule has 112 valence electrons. The van der Waals surface area contributed by atoms with E-state index in [1.807, 2.05) is 27.7 Å². The third kappa shape index (κ3) is 2.38. The molecule has 5 heteroatoms. The second-order valence-electron chi connectivity index (χ2n) is 6.55. The standard InChI is InChI=1S/C15H23NO3S/c1-12-5-7-13(8-6-12)20(18,19)16-14(2,3)9-10-15(16,4)11-17/h5-8,17H,9-11H2,1-4H3. The molecule has 1 aliphatic heterocycles. The topological polar surface area (TPSA) is 57.6 Å². The summed E-state index contributed by atoms with van der Waals surface area (Å²) in [5, 5.41) is 9.68. The first-order valence-electron chi connectivity index (χ1n) is 6.87. The van der Waals surface area contributed by atoms with E-state index in [0.29, 0.717) is 6.42 Å². The maximum atomic E-state index is 13.0. The molecule has 1 atom stereocenters. The zero-order valence-corrected chi connectivity index (χ0v) is 13.4. The molecule has 0 aliphatic carbocycles. The number of aliphatic hydroxyl groups is 1. The predicted molar refractivity (Wildman–Crippen MR) is 79.0 cm³/mol. The largest absolute Gasteiger partial charge is 0.394 e. The molecule has 0 saturated carbocycles. The minimum Gasteiger partial charge on any atom is -0.394 e. The van der Waals surface area contributed by atoms with Crippen molar-refractivity contribution in [1.82, 2.24) is 4.31 Å². The lowest BCUT2D eigenvalue weighted by atomic mass is 10.0. The Morgan fingerprint density at radius 3 is 2.20 bits per heavy atom. The zero-order chi connectivity index (χ0) is 15.2. The van der Waals surface area contributed by atoms with Crippen molar-refractivity contribution in [3.05, 3.63) is 29.8 Å². The smallest absolute Gasteiger partial charge is 0.244 e. The van der Waals surface area contributed by atoms with Gasteiger partial charge in [-0.05, 0) is 52.7 Å². The van der Waals surface area contributed by atoms with Crippen molar-refractivity contribution in [3.8, 4) is 0 Å². The molecular formula is C15H23NO3S. The van der Waals surface area contributed by atoms with E-state index in [2.05, 4.69) is 0 Å². The van der Waals surface area contributed by atoms with Gasteiger partial charge in [0, 0.05) is 5.54 Å². The molecule has 0 bridgehead atoms. The normalized spacial score (nSPS) is 26.9. The summed E-state index contributed by atoms with van der Waals surface area (Å²) < 4.78 is 27.4. The molecule has 1 aliphatic rings. The highest BCUT2D eigenvalue weighted by Crippen LogP contribution is 2.44. The number of hydrogen-bond acceptors (Lipinski definition) is 3. The number of sulfonamides is 1. The number of aryl methyl sites for hydroxylation is 1. The van der Waals surface area contributed by atoms with E-state index >= 15 is 0 Å². The van der Waals surface area contributed by atoms with Crippen LogP contribution in [0.4, 0.5) is 0 Å². The average Bonchev–Trinajstić information content (AvgIpc) is 2.61. The first kappa shape index (κ1) is 15.5. The Hall–Kier alpha value is -0.910. The third-order valence-electron chi connectivity index (χ3n) is 4.22. The van der Waals surface area contributed by atoms with Crippen LogP contribution in [0, 0.1) is 6.92 Å². The molecule has 2 rings (SSSR count). The first-order chi connectivity index (χ1) is 9.13. The van der Waals surface area contributed by atoms with Crippen molar-refractivity contribution >= 4 is 10.0 Å². The average molecular weight is 297 g/mol. The molecule has 1 saturated heterocycles. The molecule has 1 N–H and O–H groups in total. The summed E-state index contributed by atoms with van der Waals surface area (Å²) in [6.45, 7) is 7.41. The van der Waals surface area contributed by atoms with Crippen molar-refractivity contribution < 1.29 is 13.5 Å². The van der Waals surface area contributed by atoms with Gasteiger partial charge in [-0.2, -0.15) is 4.31 Å². The fourth-order valence-corrected chi connectivity index (χ4v) is 5.25. The molecule has 1 unspecified atom stereocenters. The quantitative estimate of drug-likeness (QED) is 0.931. The van der Waals surface area contributed by atoms with Crippen LogP contribution in [-0.2, 0) is 10.0 Å². The van der Waals surface area contributed by atoms with Gasteiger partial charge in [0.1, 0.15) is 0 Å². The summed E-state index contributed by atoms with van der Waals surface area (Å²) in [7, 11) is -3.61. The van der Waals surface area contributed by atoms with Crippen LogP contribution >= 0.6 is 0 Å². The van der Waals surface area contributed by atoms with Crippen LogP contribution in [0.1, 0.15) is 39.2 Å². The summed E-state index contributed by atoms with van der Waals surface area (Å²) in [6, 6.07) is 6.87. The maximum Gasteiger partial charge on any atom is 0.244 e. The van der Waals surface area contributed by atoms with Crippen molar-refractivity contribution in [2.75, 3.05) is 6.61 Å². The molecule has 20 heavy (non-hydrogen) atoms. The molecule has 1 fully saturated rings. The van der Waals surface area contributed by atoms with Gasteiger partial charge in [0.05, 0.1) is 17.0 Å². The number of nitrogens with zero attached hydrogens (tertiary/aromatic N) is 1. The summed E-state index contributed by atoms with van der Waals surface area (Å²) in [6.07, 6.45) is 1.41. The van der Waals surface area contributed by atoms with Crippen LogP contribution in [0.15, 0.2) is 29.2 Å².